The van der Waals surface area contributed by atoms with Crippen LogP contribution in [0.15, 0.2) is 4.99 Å². The fourth-order valence-corrected chi connectivity index (χ4v) is 4.97. The topological polar surface area (TPSA) is 73.7 Å². The number of halogens is 1. The molecule has 4 unspecified atom stereocenters. The van der Waals surface area contributed by atoms with E-state index < -0.39 is 10.8 Å². The molecule has 1 aliphatic rings. The highest BCUT2D eigenvalue weighted by Crippen LogP contribution is 2.23. The largest absolute Gasteiger partial charge is 0.396 e. The molecule has 5 nitrogen and oxygen atoms in total. The van der Waals surface area contributed by atoms with Crippen LogP contribution in [0.5, 0.6) is 0 Å². The van der Waals surface area contributed by atoms with Crippen LogP contribution in [0.1, 0.15) is 66.2 Å². The third-order valence-electron chi connectivity index (χ3n) is 4.82. The number of aliphatic hydroxyl groups is 1. The summed E-state index contributed by atoms with van der Waals surface area (Å²) in [6, 6.07) is 0.355. The van der Waals surface area contributed by atoms with Crippen LogP contribution in [-0.2, 0) is 10.8 Å². The molecule has 3 N–H and O–H groups in total. The molecular weight excluding hydrogens is 461 g/mol. The van der Waals surface area contributed by atoms with E-state index in [9.17, 15) is 9.32 Å². The fourth-order valence-electron chi connectivity index (χ4n) is 3.62. The molecule has 26 heavy (non-hydrogen) atoms. The minimum atomic E-state index is -0.701. The van der Waals surface area contributed by atoms with Crippen molar-refractivity contribution in [2.45, 2.75) is 77.5 Å². The Bertz CT molecular complexity index is 422. The standard InChI is InChI=1S/C19H39N3O2S.HI/c1-5-20-19(21-14-16(10-11-23)12-15(3)4)22-17-8-7-9-18(13-17)25(24)6-2;/h15-18,23H,5-14H2,1-4H3,(H2,20,21,22);1H. The van der Waals surface area contributed by atoms with Gasteiger partial charge < -0.3 is 15.7 Å². The van der Waals surface area contributed by atoms with Crippen LogP contribution in [0, 0.1) is 11.8 Å². The van der Waals surface area contributed by atoms with E-state index in [1.165, 1.54) is 0 Å². The first-order valence-electron chi connectivity index (χ1n) is 10.0. The van der Waals surface area contributed by atoms with Crippen molar-refractivity contribution < 1.29 is 9.32 Å². The van der Waals surface area contributed by atoms with E-state index in [1.54, 1.807) is 0 Å². The fraction of sp³-hybridized carbons (Fsp3) is 0.947. The van der Waals surface area contributed by atoms with Crippen LogP contribution in [-0.4, -0.2) is 52.0 Å². The Morgan fingerprint density at radius 2 is 2.04 bits per heavy atom. The van der Waals surface area contributed by atoms with Crippen LogP contribution < -0.4 is 10.6 Å². The van der Waals surface area contributed by atoms with Gasteiger partial charge in [0.1, 0.15) is 0 Å². The normalized spacial score (nSPS) is 23.2. The van der Waals surface area contributed by atoms with E-state index in [4.69, 9.17) is 4.99 Å². The highest BCUT2D eigenvalue weighted by Gasteiger charge is 2.26. The van der Waals surface area contributed by atoms with E-state index in [0.29, 0.717) is 23.1 Å². The number of nitrogens with zero attached hydrogens (tertiary/aromatic N) is 1. The molecule has 1 fully saturated rings. The van der Waals surface area contributed by atoms with Gasteiger partial charge in [-0.15, -0.1) is 24.0 Å². The van der Waals surface area contributed by atoms with Gasteiger partial charge in [-0.2, -0.15) is 0 Å². The molecule has 4 atom stereocenters. The molecule has 0 radical (unpaired) electrons. The quantitative estimate of drug-likeness (QED) is 0.244. The first-order chi connectivity index (χ1) is 12.0. The molecule has 0 saturated heterocycles. The number of guanidine groups is 1. The number of aliphatic imine (C=N–C) groups is 1. The van der Waals surface area contributed by atoms with Crippen molar-refractivity contribution in [3.05, 3.63) is 0 Å². The molecule has 0 amide bonds. The summed E-state index contributed by atoms with van der Waals surface area (Å²) in [5.74, 6) is 2.66. The average Bonchev–Trinajstić information content (AvgIpc) is 2.59. The Labute approximate surface area is 180 Å². The van der Waals surface area contributed by atoms with Crippen LogP contribution in [0.25, 0.3) is 0 Å². The lowest BCUT2D eigenvalue weighted by molar-refractivity contribution is 0.245. The zero-order chi connectivity index (χ0) is 18.7. The molecule has 1 saturated carbocycles. The van der Waals surface area contributed by atoms with Crippen molar-refractivity contribution >= 4 is 40.7 Å². The summed E-state index contributed by atoms with van der Waals surface area (Å²) in [5.41, 5.74) is 0. The number of hydrogen-bond acceptors (Lipinski definition) is 3. The van der Waals surface area contributed by atoms with Crippen molar-refractivity contribution in [1.29, 1.82) is 0 Å². The van der Waals surface area contributed by atoms with E-state index >= 15 is 0 Å². The minimum absolute atomic E-state index is 0. The summed E-state index contributed by atoms with van der Waals surface area (Å²) in [4.78, 5) is 4.78. The number of aliphatic hydroxyl groups excluding tert-OH is 1. The third kappa shape index (κ3) is 10.4. The second-order valence-electron chi connectivity index (χ2n) is 7.53. The summed E-state index contributed by atoms with van der Waals surface area (Å²) >= 11 is 0. The first kappa shape index (κ1) is 26.1. The molecule has 1 aliphatic carbocycles. The van der Waals surface area contributed by atoms with E-state index in [-0.39, 0.29) is 30.6 Å². The predicted octanol–water partition coefficient (Wildman–Crippen LogP) is 3.28. The first-order valence-corrected chi connectivity index (χ1v) is 11.4. The summed E-state index contributed by atoms with van der Waals surface area (Å²) in [5, 5.41) is 16.5. The van der Waals surface area contributed by atoms with Crippen molar-refractivity contribution in [3.8, 4) is 0 Å². The van der Waals surface area contributed by atoms with E-state index in [0.717, 1.165) is 63.3 Å². The maximum absolute atomic E-state index is 12.1. The molecule has 7 heteroatoms. The number of hydrogen-bond donors (Lipinski definition) is 3. The lowest BCUT2D eigenvalue weighted by Gasteiger charge is -2.30. The minimum Gasteiger partial charge on any atom is -0.396 e. The van der Waals surface area contributed by atoms with Gasteiger partial charge in [-0.05, 0) is 50.9 Å². The smallest absolute Gasteiger partial charge is 0.191 e. The van der Waals surface area contributed by atoms with Gasteiger partial charge in [0.25, 0.3) is 0 Å². The average molecular weight is 502 g/mol. The number of nitrogens with one attached hydrogen (secondary N) is 2. The predicted molar refractivity (Wildman–Crippen MR) is 124 cm³/mol. The molecule has 1 rings (SSSR count). The van der Waals surface area contributed by atoms with Crippen molar-refractivity contribution in [2.24, 2.45) is 16.8 Å². The molecule has 0 spiro atoms. The Balaban J connectivity index is 0.00000625. The van der Waals surface area contributed by atoms with Gasteiger partial charge in [0.2, 0.25) is 0 Å². The van der Waals surface area contributed by atoms with Gasteiger partial charge in [-0.25, -0.2) is 0 Å². The summed E-state index contributed by atoms with van der Waals surface area (Å²) < 4.78 is 12.1. The molecule has 0 aromatic carbocycles. The monoisotopic (exact) mass is 501 g/mol. The zero-order valence-electron chi connectivity index (χ0n) is 17.0. The lowest BCUT2D eigenvalue weighted by atomic mass is 9.94. The van der Waals surface area contributed by atoms with Gasteiger partial charge in [-0.1, -0.05) is 27.2 Å². The highest BCUT2D eigenvalue weighted by atomic mass is 127. The Morgan fingerprint density at radius 3 is 2.62 bits per heavy atom. The molecule has 0 heterocycles. The van der Waals surface area contributed by atoms with Gasteiger partial charge in [-0.3, -0.25) is 9.20 Å². The molecule has 0 aromatic rings. The van der Waals surface area contributed by atoms with Gasteiger partial charge in [0, 0.05) is 47.5 Å². The molecule has 156 valence electrons. The summed E-state index contributed by atoms with van der Waals surface area (Å²) in [6.45, 7) is 10.3. The van der Waals surface area contributed by atoms with E-state index in [2.05, 4.69) is 31.4 Å². The third-order valence-corrected chi connectivity index (χ3v) is 6.56. The SMILES string of the molecule is CCNC(=NCC(CCO)CC(C)C)NC1CCCC(S(=O)CC)C1.I. The van der Waals surface area contributed by atoms with E-state index in [1.807, 2.05) is 6.92 Å². The van der Waals surface area contributed by atoms with Gasteiger partial charge in [0.05, 0.1) is 0 Å². The van der Waals surface area contributed by atoms with Crippen LogP contribution in [0.4, 0.5) is 0 Å². The van der Waals surface area contributed by atoms with Crippen LogP contribution in [0.3, 0.4) is 0 Å². The van der Waals surface area contributed by atoms with Gasteiger partial charge >= 0.3 is 0 Å². The Kier molecular flexibility index (Phi) is 15.1. The second kappa shape index (κ2) is 15.1. The Hall–Kier alpha value is 0.110. The molecular formula is C19H40IN3O2S. The van der Waals surface area contributed by atoms with Crippen molar-refractivity contribution in [2.75, 3.05) is 25.4 Å². The molecule has 0 bridgehead atoms. The Morgan fingerprint density at radius 1 is 1.31 bits per heavy atom. The molecule has 0 aromatic heterocycles. The summed E-state index contributed by atoms with van der Waals surface area (Å²) in [7, 11) is -0.701. The van der Waals surface area contributed by atoms with Crippen molar-refractivity contribution in [1.82, 2.24) is 10.6 Å². The van der Waals surface area contributed by atoms with Crippen LogP contribution >= 0.6 is 24.0 Å². The highest BCUT2D eigenvalue weighted by molar-refractivity contribution is 14.0. The summed E-state index contributed by atoms with van der Waals surface area (Å²) in [6.07, 6.45) is 6.20. The second-order valence-corrected chi connectivity index (χ2v) is 9.53. The lowest BCUT2D eigenvalue weighted by Crippen LogP contribution is -2.46. The zero-order valence-corrected chi connectivity index (χ0v) is 20.1. The molecule has 0 aliphatic heterocycles. The maximum atomic E-state index is 12.1. The van der Waals surface area contributed by atoms with Gasteiger partial charge in [0.15, 0.2) is 5.96 Å². The van der Waals surface area contributed by atoms with Crippen molar-refractivity contribution in [3.63, 3.8) is 0 Å². The maximum Gasteiger partial charge on any atom is 0.191 e. The van der Waals surface area contributed by atoms with Crippen LogP contribution in [0.2, 0.25) is 0 Å². The number of rotatable bonds is 10.